The number of ether oxygens (including phenoxy) is 2. The molecule has 12 nitrogen and oxygen atoms in total. The molecular weight excluding hydrogens is 703 g/mol. The first-order valence-electron chi connectivity index (χ1n) is 16.1. The number of rotatable bonds is 10. The molecule has 0 spiro atoms. The molecule has 0 radical (unpaired) electrons. The van der Waals surface area contributed by atoms with Gasteiger partial charge in [0.05, 0.1) is 31.9 Å². The summed E-state index contributed by atoms with van der Waals surface area (Å²) in [5.41, 5.74) is 1.87. The number of piperazine rings is 1. The van der Waals surface area contributed by atoms with Gasteiger partial charge in [-0.2, -0.15) is 0 Å². The summed E-state index contributed by atoms with van der Waals surface area (Å²) in [6.45, 7) is 4.04. The number of halogens is 2. The molecule has 0 N–H and O–H groups in total. The maximum atomic E-state index is 14.9. The van der Waals surface area contributed by atoms with Crippen molar-refractivity contribution in [2.75, 3.05) is 74.6 Å². The molecule has 15 heteroatoms. The average molecular weight is 746 g/mol. The van der Waals surface area contributed by atoms with Gasteiger partial charge in [-0.15, -0.1) is 0 Å². The number of urea groups is 1. The van der Waals surface area contributed by atoms with Crippen molar-refractivity contribution in [3.63, 3.8) is 0 Å². The van der Waals surface area contributed by atoms with E-state index in [4.69, 9.17) is 37.7 Å². The van der Waals surface area contributed by atoms with Crippen molar-refractivity contribution in [3.05, 3.63) is 87.4 Å². The van der Waals surface area contributed by atoms with Gasteiger partial charge in [0, 0.05) is 70.5 Å². The monoisotopic (exact) mass is 744 g/mol. The lowest BCUT2D eigenvalue weighted by Crippen LogP contribution is -2.55. The normalized spacial score (nSPS) is 18.3. The molecule has 3 aromatic carbocycles. The Bertz CT molecular complexity index is 1850. The molecule has 2 heterocycles. The number of amides is 3. The summed E-state index contributed by atoms with van der Waals surface area (Å²) in [4.78, 5) is 39.4. The Kier molecular flexibility index (Phi) is 11.6. The zero-order chi connectivity index (χ0) is 36.3. The highest BCUT2D eigenvalue weighted by Gasteiger charge is 2.45. The molecule has 1 saturated heterocycles. The Morgan fingerprint density at radius 2 is 1.46 bits per heavy atom. The molecule has 50 heavy (non-hydrogen) atoms. The van der Waals surface area contributed by atoms with Gasteiger partial charge < -0.3 is 19.3 Å². The molecule has 0 saturated carbocycles. The van der Waals surface area contributed by atoms with Crippen LogP contribution in [-0.2, 0) is 14.8 Å². The first-order chi connectivity index (χ1) is 23.8. The van der Waals surface area contributed by atoms with Crippen molar-refractivity contribution in [1.82, 2.24) is 23.9 Å². The zero-order valence-electron chi connectivity index (χ0n) is 29.0. The minimum Gasteiger partial charge on any atom is -0.495 e. The van der Waals surface area contributed by atoms with E-state index < -0.39 is 22.1 Å². The second kappa shape index (κ2) is 15.6. The van der Waals surface area contributed by atoms with Crippen LogP contribution in [0.4, 0.5) is 4.79 Å². The molecule has 2 unspecified atom stereocenters. The molecular formula is C35H42Cl2N6O6S. The van der Waals surface area contributed by atoms with Crippen LogP contribution >= 0.6 is 23.2 Å². The van der Waals surface area contributed by atoms with Crippen LogP contribution in [-0.4, -0.2) is 125 Å². The quantitative estimate of drug-likeness (QED) is 0.286. The summed E-state index contributed by atoms with van der Waals surface area (Å²) in [5.74, 6) is 0.617. The number of benzene rings is 3. The number of amidine groups is 1. The Labute approximate surface area is 303 Å². The average Bonchev–Trinajstić information content (AvgIpc) is 3.49. The van der Waals surface area contributed by atoms with Crippen molar-refractivity contribution < 1.29 is 27.5 Å². The van der Waals surface area contributed by atoms with E-state index in [9.17, 15) is 18.0 Å². The Morgan fingerprint density at radius 1 is 0.880 bits per heavy atom. The van der Waals surface area contributed by atoms with E-state index >= 15 is 0 Å². The summed E-state index contributed by atoms with van der Waals surface area (Å²) >= 11 is 12.6. The second-order valence-electron chi connectivity index (χ2n) is 12.4. The van der Waals surface area contributed by atoms with Gasteiger partial charge in [-0.05, 0) is 48.4 Å². The molecule has 2 atom stereocenters. The number of hydrogen-bond acceptors (Lipinski definition) is 8. The summed E-state index contributed by atoms with van der Waals surface area (Å²) in [7, 11) is 3.69. The van der Waals surface area contributed by atoms with Crippen LogP contribution in [0.1, 0.15) is 35.7 Å². The van der Waals surface area contributed by atoms with Crippen LogP contribution in [0.15, 0.2) is 70.6 Å². The van der Waals surface area contributed by atoms with Crippen LogP contribution in [0.25, 0.3) is 0 Å². The van der Waals surface area contributed by atoms with Crippen molar-refractivity contribution >= 4 is 51.0 Å². The van der Waals surface area contributed by atoms with Crippen molar-refractivity contribution in [3.8, 4) is 11.5 Å². The molecule has 3 amide bonds. The van der Waals surface area contributed by atoms with E-state index in [0.29, 0.717) is 47.5 Å². The van der Waals surface area contributed by atoms with Gasteiger partial charge in [0.1, 0.15) is 28.3 Å². The van der Waals surface area contributed by atoms with E-state index in [-0.39, 0.29) is 41.6 Å². The first kappa shape index (κ1) is 37.4. The van der Waals surface area contributed by atoms with E-state index in [2.05, 4.69) is 0 Å². The molecule has 5 rings (SSSR count). The highest BCUT2D eigenvalue weighted by Crippen LogP contribution is 2.46. The third-order valence-corrected chi connectivity index (χ3v) is 11.1. The van der Waals surface area contributed by atoms with E-state index in [0.717, 1.165) is 15.4 Å². The van der Waals surface area contributed by atoms with E-state index in [1.54, 1.807) is 53.1 Å². The second-order valence-corrected chi connectivity index (χ2v) is 15.4. The van der Waals surface area contributed by atoms with Gasteiger partial charge in [0.25, 0.3) is 0 Å². The van der Waals surface area contributed by atoms with E-state index in [1.807, 2.05) is 36.1 Å². The topological polar surface area (TPSA) is 115 Å². The fourth-order valence-electron chi connectivity index (χ4n) is 5.99. The summed E-state index contributed by atoms with van der Waals surface area (Å²) in [6.07, 6.45) is 0. The number of likely N-dealkylation sites (N-methyl/N-ethyl adjacent to an activating group) is 1. The van der Waals surface area contributed by atoms with Gasteiger partial charge >= 0.3 is 6.03 Å². The lowest BCUT2D eigenvalue weighted by Gasteiger charge is -2.39. The predicted octanol–water partition coefficient (Wildman–Crippen LogP) is 5.02. The maximum Gasteiger partial charge on any atom is 0.326 e. The lowest BCUT2D eigenvalue weighted by molar-refractivity contribution is -0.130. The minimum absolute atomic E-state index is 0.0150. The smallest absolute Gasteiger partial charge is 0.326 e. The number of methoxy groups -OCH3 is 1. The molecule has 2 aliphatic rings. The minimum atomic E-state index is -4.01. The van der Waals surface area contributed by atoms with Gasteiger partial charge in [-0.1, -0.05) is 47.5 Å². The third kappa shape index (κ3) is 7.71. The van der Waals surface area contributed by atoms with Gasteiger partial charge in [-0.3, -0.25) is 19.6 Å². The number of carbonyl (C=O) groups excluding carboxylic acids is 2. The highest BCUT2D eigenvalue weighted by atomic mass is 35.5. The highest BCUT2D eigenvalue weighted by molar-refractivity contribution is 7.89. The molecule has 2 aliphatic heterocycles. The van der Waals surface area contributed by atoms with Crippen LogP contribution in [0.5, 0.6) is 11.5 Å². The number of sulfonamides is 1. The van der Waals surface area contributed by atoms with Crippen molar-refractivity contribution in [2.24, 2.45) is 4.99 Å². The maximum absolute atomic E-state index is 14.9. The Morgan fingerprint density at radius 3 is 1.98 bits per heavy atom. The summed E-state index contributed by atoms with van der Waals surface area (Å²) in [5, 5.41) is 1.08. The fourth-order valence-corrected chi connectivity index (χ4v) is 7.29. The SMILES string of the molecule is CCOc1cc(OC)c(S(=O)(=O)N(C)C)cc1C1=NC(c2ccc(Cl)cc2)C(c2ccc(Cl)cc2)N1C(=O)N1CCN(CC(=O)N(C)C)CC1. The van der Waals surface area contributed by atoms with Gasteiger partial charge in [0.15, 0.2) is 0 Å². The molecule has 1 fully saturated rings. The lowest BCUT2D eigenvalue weighted by atomic mass is 9.93. The Hall–Kier alpha value is -3.88. The van der Waals surface area contributed by atoms with Crippen molar-refractivity contribution in [1.29, 1.82) is 0 Å². The zero-order valence-corrected chi connectivity index (χ0v) is 31.3. The molecule has 0 bridgehead atoms. The number of carbonyl (C=O) groups is 2. The standard InChI is InChI=1S/C35H42Cl2N6O6S/c1-7-49-28-21-29(48-6)30(50(46,47)40(4)5)20-27(28)34-38-32(23-8-12-25(36)13-9-23)33(24-10-14-26(37)15-11-24)43(34)35(45)42-18-16-41(17-19-42)22-31(44)39(2)3/h8-15,20-21,32-33H,7,16-19,22H2,1-6H3. The first-order valence-corrected chi connectivity index (χ1v) is 18.3. The number of aliphatic imine (C=N–C) groups is 1. The van der Waals surface area contributed by atoms with Crippen LogP contribution in [0.2, 0.25) is 10.0 Å². The number of nitrogens with zero attached hydrogens (tertiary/aromatic N) is 6. The fraction of sp³-hybridized carbons (Fsp3) is 0.400. The number of hydrogen-bond donors (Lipinski definition) is 0. The van der Waals surface area contributed by atoms with E-state index in [1.165, 1.54) is 33.3 Å². The largest absolute Gasteiger partial charge is 0.495 e. The Balaban J connectivity index is 1.69. The summed E-state index contributed by atoms with van der Waals surface area (Å²) in [6, 6.07) is 15.9. The summed E-state index contributed by atoms with van der Waals surface area (Å²) < 4.78 is 39.9. The van der Waals surface area contributed by atoms with Crippen LogP contribution in [0, 0.1) is 0 Å². The molecule has 0 aromatic heterocycles. The van der Waals surface area contributed by atoms with Gasteiger partial charge in [-0.25, -0.2) is 17.5 Å². The third-order valence-electron chi connectivity index (χ3n) is 8.76. The predicted molar refractivity (Wildman–Crippen MR) is 194 cm³/mol. The van der Waals surface area contributed by atoms with Crippen LogP contribution in [0.3, 0.4) is 0 Å². The van der Waals surface area contributed by atoms with Gasteiger partial charge in [0.2, 0.25) is 15.9 Å². The molecule has 268 valence electrons. The van der Waals surface area contributed by atoms with Crippen LogP contribution < -0.4 is 9.47 Å². The van der Waals surface area contributed by atoms with Crippen molar-refractivity contribution in [2.45, 2.75) is 23.9 Å². The molecule has 3 aromatic rings. The molecule has 0 aliphatic carbocycles.